The molecule has 6 heteroatoms. The summed E-state index contributed by atoms with van der Waals surface area (Å²) in [5, 5.41) is 14.3. The summed E-state index contributed by atoms with van der Waals surface area (Å²) in [4.78, 5) is 25.1. The lowest BCUT2D eigenvalue weighted by Crippen LogP contribution is -2.47. The fraction of sp³-hybridized carbons (Fsp3) is 0.857. The molecule has 2 amide bonds. The largest absolute Gasteiger partial charge is 0.480 e. The van der Waals surface area contributed by atoms with Crippen molar-refractivity contribution in [2.75, 3.05) is 19.6 Å². The smallest absolute Gasteiger partial charge is 0.326 e. The minimum absolute atomic E-state index is 0.381. The summed E-state index contributed by atoms with van der Waals surface area (Å²) < 4.78 is 0. The Morgan fingerprint density at radius 3 is 2.60 bits per heavy atom. The summed E-state index contributed by atoms with van der Waals surface area (Å²) in [6.45, 7) is 8.91. The number of carboxylic acids is 1. The molecule has 2 atom stereocenters. The fourth-order valence-electron chi connectivity index (χ4n) is 2.49. The van der Waals surface area contributed by atoms with Crippen molar-refractivity contribution in [1.82, 2.24) is 15.5 Å². The van der Waals surface area contributed by atoms with Crippen LogP contribution in [0.4, 0.5) is 4.79 Å². The van der Waals surface area contributed by atoms with Crippen molar-refractivity contribution in [3.63, 3.8) is 0 Å². The van der Waals surface area contributed by atoms with Crippen LogP contribution in [0.15, 0.2) is 0 Å². The van der Waals surface area contributed by atoms with Crippen molar-refractivity contribution < 1.29 is 14.7 Å². The van der Waals surface area contributed by atoms with Gasteiger partial charge in [0.05, 0.1) is 0 Å². The van der Waals surface area contributed by atoms with E-state index in [-0.39, 0.29) is 6.03 Å². The topological polar surface area (TPSA) is 81.7 Å². The van der Waals surface area contributed by atoms with Crippen LogP contribution in [0, 0.1) is 5.92 Å². The first-order chi connectivity index (χ1) is 9.43. The molecule has 3 N–H and O–H groups in total. The van der Waals surface area contributed by atoms with E-state index in [2.05, 4.69) is 29.4 Å². The van der Waals surface area contributed by atoms with Gasteiger partial charge in [0, 0.05) is 19.1 Å². The minimum atomic E-state index is -0.978. The van der Waals surface area contributed by atoms with Gasteiger partial charge >= 0.3 is 12.0 Å². The Balaban J connectivity index is 2.28. The lowest BCUT2D eigenvalue weighted by Gasteiger charge is -2.20. The van der Waals surface area contributed by atoms with Crippen molar-refractivity contribution in [2.45, 2.75) is 52.1 Å². The van der Waals surface area contributed by atoms with Crippen LogP contribution in [0.1, 0.15) is 40.0 Å². The molecule has 1 unspecified atom stereocenters. The average molecular weight is 285 g/mol. The van der Waals surface area contributed by atoms with E-state index in [0.29, 0.717) is 24.9 Å². The predicted molar refractivity (Wildman–Crippen MR) is 77.7 cm³/mol. The first-order valence-electron chi connectivity index (χ1n) is 7.45. The SMILES string of the molecule is CCC[C@@H](NC(=O)NCC1CCN(C(C)C)C1)C(=O)O. The predicted octanol–water partition coefficient (Wildman–Crippen LogP) is 1.27. The van der Waals surface area contributed by atoms with Crippen molar-refractivity contribution in [3.05, 3.63) is 0 Å². The number of carbonyl (C=O) groups is 2. The molecule has 0 aromatic carbocycles. The van der Waals surface area contributed by atoms with E-state index < -0.39 is 12.0 Å². The molecule has 0 aromatic rings. The van der Waals surface area contributed by atoms with Crippen molar-refractivity contribution in [3.8, 4) is 0 Å². The lowest BCUT2D eigenvalue weighted by molar-refractivity contribution is -0.139. The van der Waals surface area contributed by atoms with Gasteiger partial charge in [-0.25, -0.2) is 9.59 Å². The van der Waals surface area contributed by atoms with Crippen LogP contribution in [0.3, 0.4) is 0 Å². The van der Waals surface area contributed by atoms with Crippen LogP contribution in [0.2, 0.25) is 0 Å². The highest BCUT2D eigenvalue weighted by Crippen LogP contribution is 2.17. The maximum absolute atomic E-state index is 11.7. The molecule has 1 aliphatic rings. The van der Waals surface area contributed by atoms with Crippen molar-refractivity contribution in [1.29, 1.82) is 0 Å². The summed E-state index contributed by atoms with van der Waals surface area (Å²) >= 11 is 0. The Kier molecular flexibility index (Phi) is 6.78. The van der Waals surface area contributed by atoms with Gasteiger partial charge in [-0.2, -0.15) is 0 Å². The second-order valence-corrected chi connectivity index (χ2v) is 5.78. The van der Waals surface area contributed by atoms with Crippen LogP contribution >= 0.6 is 0 Å². The van der Waals surface area contributed by atoms with E-state index in [1.807, 2.05) is 6.92 Å². The number of hydrogen-bond acceptors (Lipinski definition) is 3. The summed E-state index contributed by atoms with van der Waals surface area (Å²) in [6, 6.07) is -0.639. The molecule has 0 aliphatic carbocycles. The van der Waals surface area contributed by atoms with Crippen LogP contribution in [-0.4, -0.2) is 53.7 Å². The fourth-order valence-corrected chi connectivity index (χ4v) is 2.49. The maximum atomic E-state index is 11.7. The molecule has 0 bridgehead atoms. The lowest BCUT2D eigenvalue weighted by atomic mass is 10.1. The Hall–Kier alpha value is -1.30. The van der Waals surface area contributed by atoms with E-state index in [1.54, 1.807) is 0 Å². The third-order valence-corrected chi connectivity index (χ3v) is 3.78. The van der Waals surface area contributed by atoms with Gasteiger partial charge in [-0.15, -0.1) is 0 Å². The van der Waals surface area contributed by atoms with Crippen molar-refractivity contribution in [2.24, 2.45) is 5.92 Å². The van der Waals surface area contributed by atoms with E-state index in [0.717, 1.165) is 25.9 Å². The molecule has 116 valence electrons. The molecule has 0 saturated carbocycles. The van der Waals surface area contributed by atoms with Gasteiger partial charge in [-0.3, -0.25) is 0 Å². The van der Waals surface area contributed by atoms with E-state index in [1.165, 1.54) is 0 Å². The second-order valence-electron chi connectivity index (χ2n) is 5.78. The highest BCUT2D eigenvalue weighted by atomic mass is 16.4. The Bertz CT molecular complexity index is 334. The number of likely N-dealkylation sites (tertiary alicyclic amines) is 1. The second kappa shape index (κ2) is 8.09. The number of nitrogens with zero attached hydrogens (tertiary/aromatic N) is 1. The van der Waals surface area contributed by atoms with Crippen LogP contribution < -0.4 is 10.6 Å². The van der Waals surface area contributed by atoms with Crippen LogP contribution in [-0.2, 0) is 4.79 Å². The average Bonchev–Trinajstić information content (AvgIpc) is 2.84. The highest BCUT2D eigenvalue weighted by molar-refractivity contribution is 5.82. The minimum Gasteiger partial charge on any atom is -0.480 e. The van der Waals surface area contributed by atoms with Gasteiger partial charge in [-0.05, 0) is 39.2 Å². The monoisotopic (exact) mass is 285 g/mol. The molecule has 1 aliphatic heterocycles. The molecular formula is C14H27N3O3. The van der Waals surface area contributed by atoms with E-state index >= 15 is 0 Å². The normalized spacial score (nSPS) is 20.9. The van der Waals surface area contributed by atoms with Crippen molar-refractivity contribution >= 4 is 12.0 Å². The van der Waals surface area contributed by atoms with Gasteiger partial charge in [0.1, 0.15) is 6.04 Å². The molecule has 1 heterocycles. The third kappa shape index (κ3) is 5.36. The number of aliphatic carboxylic acids is 1. The summed E-state index contributed by atoms with van der Waals surface area (Å²) in [7, 11) is 0. The van der Waals surface area contributed by atoms with Gasteiger partial charge < -0.3 is 20.6 Å². The quantitative estimate of drug-likeness (QED) is 0.658. The zero-order valence-corrected chi connectivity index (χ0v) is 12.7. The molecule has 0 spiro atoms. The molecule has 1 fully saturated rings. The summed E-state index contributed by atoms with van der Waals surface area (Å²) in [5.41, 5.74) is 0. The Morgan fingerprint density at radius 1 is 1.40 bits per heavy atom. The number of carbonyl (C=O) groups excluding carboxylic acids is 1. The summed E-state index contributed by atoms with van der Waals surface area (Å²) in [6.07, 6.45) is 2.26. The van der Waals surface area contributed by atoms with Gasteiger partial charge in [0.15, 0.2) is 0 Å². The molecule has 1 saturated heterocycles. The standard InChI is InChI=1S/C14H27N3O3/c1-4-5-12(13(18)19)16-14(20)15-8-11-6-7-17(9-11)10(2)3/h10-12H,4-9H2,1-3H3,(H,18,19)(H2,15,16,20)/t11?,12-/m1/s1. The molecule has 0 radical (unpaired) electrons. The number of hydrogen-bond donors (Lipinski definition) is 3. The summed E-state index contributed by atoms with van der Waals surface area (Å²) in [5.74, 6) is -0.522. The number of nitrogens with one attached hydrogen (secondary N) is 2. The van der Waals surface area contributed by atoms with Gasteiger partial charge in [-0.1, -0.05) is 13.3 Å². The third-order valence-electron chi connectivity index (χ3n) is 3.78. The first kappa shape index (κ1) is 16.8. The molecule has 20 heavy (non-hydrogen) atoms. The van der Waals surface area contributed by atoms with Gasteiger partial charge in [0.2, 0.25) is 0 Å². The zero-order valence-electron chi connectivity index (χ0n) is 12.7. The van der Waals surface area contributed by atoms with E-state index in [4.69, 9.17) is 5.11 Å². The number of carboxylic acid groups (broad SMARTS) is 1. The first-order valence-corrected chi connectivity index (χ1v) is 7.45. The number of rotatable bonds is 7. The Morgan fingerprint density at radius 2 is 2.10 bits per heavy atom. The molecule has 6 nitrogen and oxygen atoms in total. The Labute approximate surface area is 120 Å². The van der Waals surface area contributed by atoms with Gasteiger partial charge in [0.25, 0.3) is 0 Å². The highest BCUT2D eigenvalue weighted by Gasteiger charge is 2.25. The number of urea groups is 1. The molecule has 0 aromatic heterocycles. The number of amides is 2. The van der Waals surface area contributed by atoms with Crippen LogP contribution in [0.5, 0.6) is 0 Å². The van der Waals surface area contributed by atoms with Crippen LogP contribution in [0.25, 0.3) is 0 Å². The zero-order chi connectivity index (χ0) is 15.1. The molecular weight excluding hydrogens is 258 g/mol. The van der Waals surface area contributed by atoms with E-state index in [9.17, 15) is 9.59 Å². The maximum Gasteiger partial charge on any atom is 0.326 e. The molecule has 1 rings (SSSR count).